The van der Waals surface area contributed by atoms with Gasteiger partial charge in [0.1, 0.15) is 0 Å². The van der Waals surface area contributed by atoms with Gasteiger partial charge in [-0.05, 0) is 26.7 Å². The number of aliphatic hydroxyl groups is 3. The Morgan fingerprint density at radius 3 is 1.23 bits per heavy atom. The molecule has 0 aromatic rings. The number of esters is 2. The Hall–Kier alpha value is -0.827. The van der Waals surface area contributed by atoms with Crippen molar-refractivity contribution in [3.63, 3.8) is 0 Å². The van der Waals surface area contributed by atoms with Crippen molar-refractivity contribution in [1.29, 1.82) is 0 Å². The Balaban J connectivity index is -0.000000226. The van der Waals surface area contributed by atoms with Crippen LogP contribution in [0.5, 0.6) is 0 Å². The number of carbonyl (C=O) groups is 3. The maximum atomic E-state index is 11.1. The minimum absolute atomic E-state index is 0. The summed E-state index contributed by atoms with van der Waals surface area (Å²) in [7, 11) is 0. The quantitative estimate of drug-likeness (QED) is 0.361. The average molecular weight is 460 g/mol. The van der Waals surface area contributed by atoms with E-state index in [1.54, 1.807) is 13.8 Å². The molecule has 0 rings (SSSR count). The van der Waals surface area contributed by atoms with Crippen LogP contribution in [-0.4, -0.2) is 70.4 Å². The van der Waals surface area contributed by atoms with Crippen molar-refractivity contribution in [3.05, 3.63) is 0 Å². The first-order valence-electron chi connectivity index (χ1n) is 8.17. The fourth-order valence-electron chi connectivity index (χ4n) is 1.12. The molecule has 0 amide bonds. The molecule has 0 saturated carbocycles. The second-order valence-corrected chi connectivity index (χ2v) is 4.75. The van der Waals surface area contributed by atoms with Gasteiger partial charge in [0.2, 0.25) is 0 Å². The summed E-state index contributed by atoms with van der Waals surface area (Å²) < 4.78 is 9.03. The molecular weight excluding hydrogens is 427 g/mol. The van der Waals surface area contributed by atoms with Crippen LogP contribution in [0.25, 0.3) is 0 Å². The second kappa shape index (κ2) is 22.2. The molecule has 0 fully saturated rings. The summed E-state index contributed by atoms with van der Waals surface area (Å²) in [5.41, 5.74) is -2.49. The van der Waals surface area contributed by atoms with Crippen molar-refractivity contribution in [2.45, 2.75) is 59.0 Å². The topological polar surface area (TPSA) is 151 Å². The number of hydrogen-bond donors (Lipinski definition) is 4. The maximum absolute atomic E-state index is 11.1. The van der Waals surface area contributed by atoms with Gasteiger partial charge in [-0.3, -0.25) is 9.59 Å². The van der Waals surface area contributed by atoms with Crippen LogP contribution in [0.3, 0.4) is 0 Å². The van der Waals surface area contributed by atoms with Crippen molar-refractivity contribution in [2.24, 2.45) is 0 Å². The number of aliphatic carboxylic acids is 1. The third-order valence-electron chi connectivity index (χ3n) is 2.33. The van der Waals surface area contributed by atoms with Crippen LogP contribution in [0.2, 0.25) is 0 Å². The summed E-state index contributed by atoms with van der Waals surface area (Å²) >= 11 is 0. The van der Waals surface area contributed by atoms with Crippen LogP contribution in [-0.2, 0) is 50.1 Å². The van der Waals surface area contributed by atoms with E-state index in [1.165, 1.54) is 0 Å². The second-order valence-electron chi connectivity index (χ2n) is 4.75. The standard InChI is InChI=1S/C10H16O7.2C3H8O.Zr/c1-3-16-7(11)5-10(15,9(13)14)6-8(12)17-4-2;2*1-2-3-4;/h15H,3-6H2,1-2H3,(H,13,14);2*4H,2-3H2,1H3;. The van der Waals surface area contributed by atoms with E-state index in [4.69, 9.17) is 15.3 Å². The van der Waals surface area contributed by atoms with E-state index < -0.39 is 36.4 Å². The fourth-order valence-corrected chi connectivity index (χ4v) is 1.12. The summed E-state index contributed by atoms with van der Waals surface area (Å²) in [6.07, 6.45) is 0.157. The molecule has 0 aliphatic heterocycles. The fraction of sp³-hybridized carbons (Fsp3) is 0.812. The van der Waals surface area contributed by atoms with Crippen LogP contribution >= 0.6 is 0 Å². The SMILES string of the molecule is CCCO.CCCO.CCOC(=O)CC(O)(CC(=O)OCC)C(=O)O.[Zr]. The van der Waals surface area contributed by atoms with E-state index in [0.29, 0.717) is 13.2 Å². The predicted molar refractivity (Wildman–Crippen MR) is 89.8 cm³/mol. The van der Waals surface area contributed by atoms with Crippen molar-refractivity contribution >= 4 is 17.9 Å². The van der Waals surface area contributed by atoms with E-state index in [2.05, 4.69) is 9.47 Å². The molecule has 26 heavy (non-hydrogen) atoms. The van der Waals surface area contributed by atoms with Crippen molar-refractivity contribution in [3.8, 4) is 0 Å². The van der Waals surface area contributed by atoms with Crippen LogP contribution in [0, 0.1) is 0 Å². The summed E-state index contributed by atoms with van der Waals surface area (Å²) in [4.78, 5) is 33.0. The largest absolute Gasteiger partial charge is 0.479 e. The predicted octanol–water partition coefficient (Wildman–Crippen LogP) is 0.483. The average Bonchev–Trinajstić information content (AvgIpc) is 2.55. The molecule has 0 heterocycles. The number of hydrogen-bond acceptors (Lipinski definition) is 8. The van der Waals surface area contributed by atoms with Crippen LogP contribution in [0.1, 0.15) is 53.4 Å². The van der Waals surface area contributed by atoms with Gasteiger partial charge >= 0.3 is 17.9 Å². The van der Waals surface area contributed by atoms with Gasteiger partial charge in [-0.25, -0.2) is 4.79 Å². The molecule has 0 bridgehead atoms. The smallest absolute Gasteiger partial charge is 0.336 e. The van der Waals surface area contributed by atoms with E-state index in [0.717, 1.165) is 12.8 Å². The summed E-state index contributed by atoms with van der Waals surface area (Å²) in [5, 5.41) is 34.2. The molecule has 0 radical (unpaired) electrons. The zero-order chi connectivity index (χ0) is 20.3. The van der Waals surface area contributed by atoms with E-state index in [-0.39, 0.29) is 39.4 Å². The number of carbonyl (C=O) groups excluding carboxylic acids is 2. The molecular formula is C16H32O9Zr. The molecule has 0 atom stereocenters. The Morgan fingerprint density at radius 1 is 0.808 bits per heavy atom. The van der Waals surface area contributed by atoms with Gasteiger partial charge in [0.15, 0.2) is 5.60 Å². The Labute approximate surface area is 173 Å². The van der Waals surface area contributed by atoms with Gasteiger partial charge in [-0.2, -0.15) is 0 Å². The van der Waals surface area contributed by atoms with Gasteiger partial charge in [0.05, 0.1) is 26.1 Å². The molecule has 4 N–H and O–H groups in total. The number of ether oxygens (including phenoxy) is 2. The van der Waals surface area contributed by atoms with Gasteiger partial charge in [0, 0.05) is 39.4 Å². The normalized spacial score (nSPS) is 9.35. The summed E-state index contributed by atoms with van der Waals surface area (Å²) in [5.74, 6) is -3.44. The van der Waals surface area contributed by atoms with Gasteiger partial charge in [0.25, 0.3) is 0 Å². The molecule has 0 aromatic carbocycles. The number of aliphatic hydroxyl groups excluding tert-OH is 2. The Kier molecular flexibility index (Phi) is 28.0. The third kappa shape index (κ3) is 21.2. The first kappa shape index (κ1) is 32.8. The number of rotatable bonds is 9. The molecule has 0 unspecified atom stereocenters. The Morgan fingerprint density at radius 2 is 1.08 bits per heavy atom. The van der Waals surface area contributed by atoms with Crippen molar-refractivity contribution in [2.75, 3.05) is 26.4 Å². The monoisotopic (exact) mass is 458 g/mol. The molecule has 10 heteroatoms. The third-order valence-corrected chi connectivity index (χ3v) is 2.33. The minimum atomic E-state index is -2.49. The van der Waals surface area contributed by atoms with Crippen LogP contribution in [0.4, 0.5) is 0 Å². The molecule has 0 saturated heterocycles. The van der Waals surface area contributed by atoms with Gasteiger partial charge < -0.3 is 29.9 Å². The van der Waals surface area contributed by atoms with Crippen LogP contribution < -0.4 is 0 Å². The first-order valence-corrected chi connectivity index (χ1v) is 8.17. The van der Waals surface area contributed by atoms with Gasteiger partial charge in [-0.1, -0.05) is 13.8 Å². The molecule has 0 aliphatic rings. The molecule has 0 aromatic heterocycles. The first-order chi connectivity index (χ1) is 11.7. The van der Waals surface area contributed by atoms with Crippen molar-refractivity contribution < 1.29 is 70.5 Å². The number of carboxylic acids is 1. The number of carboxylic acid groups (broad SMARTS) is 1. The Bertz CT molecular complexity index is 334. The zero-order valence-corrected chi connectivity index (χ0v) is 18.4. The van der Waals surface area contributed by atoms with E-state index in [1.807, 2.05) is 13.8 Å². The van der Waals surface area contributed by atoms with Crippen LogP contribution in [0.15, 0.2) is 0 Å². The maximum Gasteiger partial charge on any atom is 0.336 e. The molecule has 9 nitrogen and oxygen atoms in total. The van der Waals surface area contributed by atoms with E-state index >= 15 is 0 Å². The van der Waals surface area contributed by atoms with Gasteiger partial charge in [-0.15, -0.1) is 0 Å². The molecule has 0 aliphatic carbocycles. The molecule has 154 valence electrons. The molecule has 0 spiro atoms. The van der Waals surface area contributed by atoms with Crippen molar-refractivity contribution in [1.82, 2.24) is 0 Å². The summed E-state index contributed by atoms with van der Waals surface area (Å²) in [6, 6.07) is 0. The summed E-state index contributed by atoms with van der Waals surface area (Å²) in [6.45, 7) is 7.72. The minimum Gasteiger partial charge on any atom is -0.479 e. The zero-order valence-electron chi connectivity index (χ0n) is 16.0. The van der Waals surface area contributed by atoms with E-state index in [9.17, 15) is 19.5 Å².